The maximum atomic E-state index is 13.6. The summed E-state index contributed by atoms with van der Waals surface area (Å²) in [5.41, 5.74) is 1.23. The van der Waals surface area contributed by atoms with Crippen molar-refractivity contribution in [2.45, 2.75) is 84.7 Å². The van der Waals surface area contributed by atoms with Crippen LogP contribution in [0.4, 0.5) is 0 Å². The summed E-state index contributed by atoms with van der Waals surface area (Å²) in [4.78, 5) is 28.7. The van der Waals surface area contributed by atoms with Gasteiger partial charge in [-0.1, -0.05) is 64.3 Å². The van der Waals surface area contributed by atoms with Crippen molar-refractivity contribution in [1.82, 2.24) is 9.47 Å². The van der Waals surface area contributed by atoms with E-state index in [1.165, 1.54) is 6.42 Å². The van der Waals surface area contributed by atoms with Crippen molar-refractivity contribution in [3.05, 3.63) is 58.9 Å². The van der Waals surface area contributed by atoms with Gasteiger partial charge in [-0.3, -0.25) is 9.59 Å². The number of nitrogens with zero attached hydrogens (tertiary/aromatic N) is 2. The van der Waals surface area contributed by atoms with Crippen molar-refractivity contribution in [2.75, 3.05) is 0 Å². The highest BCUT2D eigenvalue weighted by Crippen LogP contribution is 2.32. The van der Waals surface area contributed by atoms with Gasteiger partial charge in [0.1, 0.15) is 0 Å². The van der Waals surface area contributed by atoms with Gasteiger partial charge >= 0.3 is 0 Å². The average molecular weight is 425 g/mol. The van der Waals surface area contributed by atoms with E-state index in [0.29, 0.717) is 12.1 Å². The lowest BCUT2D eigenvalue weighted by atomic mass is 9.85. The third-order valence-electron chi connectivity index (χ3n) is 6.75. The molecule has 0 radical (unpaired) electrons. The molecule has 0 spiro atoms. The van der Waals surface area contributed by atoms with Gasteiger partial charge in [0.2, 0.25) is 5.91 Å². The molecule has 31 heavy (non-hydrogen) atoms. The van der Waals surface area contributed by atoms with Crippen molar-refractivity contribution in [2.24, 2.45) is 13.0 Å². The van der Waals surface area contributed by atoms with Crippen LogP contribution in [-0.2, 0) is 18.4 Å². The van der Waals surface area contributed by atoms with Crippen LogP contribution in [0.1, 0.15) is 78.2 Å². The second kappa shape index (κ2) is 11.3. The number of hydrogen-bond acceptors (Lipinski definition) is 2. The molecular weight excluding hydrogens is 384 g/mol. The molecule has 4 heteroatoms. The smallest absolute Gasteiger partial charge is 0.255 e. The molecule has 1 saturated carbocycles. The zero-order valence-corrected chi connectivity index (χ0v) is 20.1. The first-order chi connectivity index (χ1) is 14.9. The summed E-state index contributed by atoms with van der Waals surface area (Å²) in [6.07, 6.45) is 8.80. The maximum Gasteiger partial charge on any atom is 0.255 e. The third kappa shape index (κ3) is 5.47. The quantitative estimate of drug-likeness (QED) is 0.495. The van der Waals surface area contributed by atoms with Crippen LogP contribution < -0.4 is 5.56 Å². The van der Waals surface area contributed by atoms with Gasteiger partial charge in [0, 0.05) is 24.1 Å². The largest absolute Gasteiger partial charge is 0.332 e. The molecule has 1 unspecified atom stereocenters. The van der Waals surface area contributed by atoms with Gasteiger partial charge in [-0.05, 0) is 50.1 Å². The van der Waals surface area contributed by atoms with Crippen LogP contribution in [0.5, 0.6) is 0 Å². The number of pyridine rings is 1. The number of aromatic nitrogens is 1. The van der Waals surface area contributed by atoms with E-state index in [1.807, 2.05) is 62.2 Å². The topological polar surface area (TPSA) is 42.3 Å². The fourth-order valence-electron chi connectivity index (χ4n) is 4.63. The zero-order chi connectivity index (χ0) is 23.0. The van der Waals surface area contributed by atoms with E-state index in [9.17, 15) is 9.59 Å². The Morgan fingerprint density at radius 1 is 1.23 bits per heavy atom. The molecule has 2 aromatic rings. The molecule has 1 aromatic carbocycles. The Bertz CT molecular complexity index is 940. The first-order valence-electron chi connectivity index (χ1n) is 11.9. The fourth-order valence-corrected chi connectivity index (χ4v) is 4.63. The highest BCUT2D eigenvalue weighted by molar-refractivity contribution is 5.81. The second-order valence-corrected chi connectivity index (χ2v) is 8.70. The first kappa shape index (κ1) is 24.9. The Morgan fingerprint density at radius 2 is 1.87 bits per heavy atom. The molecule has 0 N–H and O–H groups in total. The molecule has 1 amide bonds. The van der Waals surface area contributed by atoms with Gasteiger partial charge in [0.25, 0.3) is 5.56 Å². The number of carbonyl (C=O) groups is 1. The summed E-state index contributed by atoms with van der Waals surface area (Å²) in [5.74, 6) is 0.273. The predicted molar refractivity (Wildman–Crippen MR) is 131 cm³/mol. The van der Waals surface area contributed by atoms with Crippen molar-refractivity contribution < 1.29 is 4.79 Å². The van der Waals surface area contributed by atoms with Crippen LogP contribution in [0.2, 0.25) is 0 Å². The Labute approximate surface area is 188 Å². The zero-order valence-electron chi connectivity index (χ0n) is 20.1. The van der Waals surface area contributed by atoms with Gasteiger partial charge in [0.05, 0.1) is 12.1 Å². The summed E-state index contributed by atoms with van der Waals surface area (Å²) in [5, 5.41) is 1.02. The minimum atomic E-state index is -0.340. The van der Waals surface area contributed by atoms with Gasteiger partial charge in [-0.2, -0.15) is 0 Å². The minimum absolute atomic E-state index is 0.0257. The molecule has 1 aliphatic carbocycles. The Balaban J connectivity index is 0.00000166. The van der Waals surface area contributed by atoms with E-state index in [4.69, 9.17) is 0 Å². The van der Waals surface area contributed by atoms with Crippen molar-refractivity contribution in [1.29, 1.82) is 0 Å². The molecule has 1 heterocycles. The molecule has 0 bridgehead atoms. The van der Waals surface area contributed by atoms with Crippen molar-refractivity contribution in [3.8, 4) is 0 Å². The summed E-state index contributed by atoms with van der Waals surface area (Å²) in [7, 11) is 1.81. The molecule has 170 valence electrons. The Hall–Kier alpha value is -2.36. The fraction of sp³-hybridized carbons (Fsp3) is 0.556. The molecule has 0 aliphatic heterocycles. The van der Waals surface area contributed by atoms with E-state index in [0.717, 1.165) is 49.4 Å². The SMILES string of the molecule is C=CCC(C)(CC)N(Cc1cc2ccccc2n(C)c1=O)C(=O)C1CCCCC1.CC. The summed E-state index contributed by atoms with van der Waals surface area (Å²) in [6.45, 7) is 12.5. The number of aryl methyl sites for hydroxylation is 1. The average Bonchev–Trinajstić information content (AvgIpc) is 2.82. The van der Waals surface area contributed by atoms with Crippen LogP contribution in [-0.4, -0.2) is 20.9 Å². The number of hydrogen-bond donors (Lipinski definition) is 0. The van der Waals surface area contributed by atoms with Gasteiger partial charge < -0.3 is 9.47 Å². The molecule has 0 saturated heterocycles. The molecular formula is C27H40N2O2. The van der Waals surface area contributed by atoms with Crippen LogP contribution in [0, 0.1) is 5.92 Å². The Morgan fingerprint density at radius 3 is 2.48 bits per heavy atom. The van der Waals surface area contributed by atoms with Crippen LogP contribution in [0.3, 0.4) is 0 Å². The maximum absolute atomic E-state index is 13.6. The van der Waals surface area contributed by atoms with Crippen LogP contribution >= 0.6 is 0 Å². The van der Waals surface area contributed by atoms with Crippen molar-refractivity contribution >= 4 is 16.8 Å². The second-order valence-electron chi connectivity index (χ2n) is 8.70. The van der Waals surface area contributed by atoms with E-state index in [1.54, 1.807) is 4.57 Å². The van der Waals surface area contributed by atoms with E-state index in [2.05, 4.69) is 20.4 Å². The molecule has 4 nitrogen and oxygen atoms in total. The van der Waals surface area contributed by atoms with Crippen LogP contribution in [0.15, 0.2) is 47.8 Å². The normalized spacial score (nSPS) is 16.2. The molecule has 1 atom stereocenters. The van der Waals surface area contributed by atoms with Gasteiger partial charge in [-0.25, -0.2) is 0 Å². The predicted octanol–water partition coefficient (Wildman–Crippen LogP) is 6.22. The third-order valence-corrected chi connectivity index (χ3v) is 6.75. The number of amides is 1. The highest BCUT2D eigenvalue weighted by atomic mass is 16.2. The summed E-state index contributed by atoms with van der Waals surface area (Å²) >= 11 is 0. The lowest BCUT2D eigenvalue weighted by Crippen LogP contribution is -2.51. The van der Waals surface area contributed by atoms with Crippen molar-refractivity contribution in [3.63, 3.8) is 0 Å². The van der Waals surface area contributed by atoms with E-state index in [-0.39, 0.29) is 22.9 Å². The number of para-hydroxylation sites is 1. The molecule has 1 fully saturated rings. The van der Waals surface area contributed by atoms with E-state index < -0.39 is 0 Å². The molecule has 1 aliphatic rings. The number of benzene rings is 1. The summed E-state index contributed by atoms with van der Waals surface area (Å²) < 4.78 is 1.70. The molecule has 3 rings (SSSR count). The highest BCUT2D eigenvalue weighted by Gasteiger charge is 2.37. The summed E-state index contributed by atoms with van der Waals surface area (Å²) in [6, 6.07) is 9.87. The number of rotatable bonds is 7. The lowest BCUT2D eigenvalue weighted by molar-refractivity contribution is -0.143. The molecule has 1 aromatic heterocycles. The van der Waals surface area contributed by atoms with E-state index >= 15 is 0 Å². The standard InChI is InChI=1S/C25H34N2O2.C2H6/c1-5-16-25(3,6-2)27(24(29)19-12-8-7-9-13-19)18-21-17-20-14-10-11-15-22(20)26(4)23(21)28;1-2/h5,10-11,14-15,17,19H,1,6-9,12-13,16,18H2,2-4H3;1-2H3. The van der Waals surface area contributed by atoms with Gasteiger partial charge in [0.15, 0.2) is 0 Å². The monoisotopic (exact) mass is 424 g/mol. The first-order valence-corrected chi connectivity index (χ1v) is 11.9. The number of fused-ring (bicyclic) bond motifs is 1. The lowest BCUT2D eigenvalue weighted by Gasteiger charge is -2.43. The minimum Gasteiger partial charge on any atom is -0.332 e. The Kier molecular flexibility index (Phi) is 9.09. The van der Waals surface area contributed by atoms with Gasteiger partial charge in [-0.15, -0.1) is 6.58 Å². The van der Waals surface area contributed by atoms with Crippen LogP contribution in [0.25, 0.3) is 10.9 Å². The number of carbonyl (C=O) groups excluding carboxylic acids is 1.